The number of amides is 1. The molecule has 0 fully saturated rings. The highest BCUT2D eigenvalue weighted by atomic mass is 79.9. The molecule has 3 rings (SSSR count). The van der Waals surface area contributed by atoms with E-state index in [0.717, 1.165) is 10.0 Å². The minimum Gasteiger partial charge on any atom is -0.456 e. The highest BCUT2D eigenvalue weighted by Gasteiger charge is 2.27. The SMILES string of the molecule is Cn1ncc(C(=O)Nc2csc(-c3ccc(Br)cc3)c2C(=O)OC(C)(C)C)c1Cl. The number of nitrogens with one attached hydrogen (secondary N) is 1. The van der Waals surface area contributed by atoms with E-state index in [9.17, 15) is 9.59 Å². The van der Waals surface area contributed by atoms with Gasteiger partial charge in [0, 0.05) is 16.9 Å². The van der Waals surface area contributed by atoms with E-state index in [1.165, 1.54) is 22.2 Å². The van der Waals surface area contributed by atoms with Crippen LogP contribution in [0.1, 0.15) is 41.5 Å². The fourth-order valence-electron chi connectivity index (χ4n) is 2.56. The summed E-state index contributed by atoms with van der Waals surface area (Å²) in [6.07, 6.45) is 1.38. The minimum absolute atomic E-state index is 0.213. The van der Waals surface area contributed by atoms with Crippen molar-refractivity contribution in [2.45, 2.75) is 26.4 Å². The molecule has 9 heteroatoms. The fourth-order valence-corrected chi connectivity index (χ4v) is 4.00. The Balaban J connectivity index is 2.02. The van der Waals surface area contributed by atoms with Crippen LogP contribution in [0.15, 0.2) is 40.3 Å². The number of ether oxygens (including phenoxy) is 1. The van der Waals surface area contributed by atoms with Gasteiger partial charge in [-0.2, -0.15) is 5.10 Å². The van der Waals surface area contributed by atoms with E-state index in [1.807, 2.05) is 24.3 Å². The molecule has 0 aliphatic heterocycles. The van der Waals surface area contributed by atoms with Crippen molar-refractivity contribution in [3.05, 3.63) is 56.6 Å². The average Bonchev–Trinajstić information content (AvgIpc) is 3.18. The van der Waals surface area contributed by atoms with Crippen molar-refractivity contribution < 1.29 is 14.3 Å². The van der Waals surface area contributed by atoms with Gasteiger partial charge in [0.1, 0.15) is 16.3 Å². The third kappa shape index (κ3) is 4.88. The number of hydrogen-bond donors (Lipinski definition) is 1. The van der Waals surface area contributed by atoms with Crippen LogP contribution in [0.25, 0.3) is 10.4 Å². The standard InChI is InChI=1S/C20H19BrClN3O3S/c1-20(2,3)28-19(27)15-14(24-18(26)13-9-23-25(4)17(13)22)10-29-16(15)11-5-7-12(21)8-6-11/h5-10H,1-4H3,(H,24,26). The molecule has 152 valence electrons. The van der Waals surface area contributed by atoms with Crippen molar-refractivity contribution in [1.29, 1.82) is 0 Å². The molecule has 1 amide bonds. The highest BCUT2D eigenvalue weighted by molar-refractivity contribution is 9.10. The van der Waals surface area contributed by atoms with E-state index in [0.29, 0.717) is 16.1 Å². The second-order valence-electron chi connectivity index (χ2n) is 7.29. The number of carbonyl (C=O) groups excluding carboxylic acids is 2. The molecule has 2 heterocycles. The first-order valence-corrected chi connectivity index (χ1v) is 10.7. The Morgan fingerprint density at radius 3 is 2.45 bits per heavy atom. The summed E-state index contributed by atoms with van der Waals surface area (Å²) >= 11 is 10.9. The molecule has 0 aliphatic carbocycles. The molecule has 0 bridgehead atoms. The van der Waals surface area contributed by atoms with E-state index in [1.54, 1.807) is 33.2 Å². The molecule has 0 aliphatic rings. The summed E-state index contributed by atoms with van der Waals surface area (Å²) < 4.78 is 7.91. The summed E-state index contributed by atoms with van der Waals surface area (Å²) in [5.41, 5.74) is 1.07. The Bertz CT molecular complexity index is 1070. The number of aromatic nitrogens is 2. The predicted molar refractivity (Wildman–Crippen MR) is 119 cm³/mol. The first kappa shape index (κ1) is 21.5. The van der Waals surface area contributed by atoms with E-state index in [-0.39, 0.29) is 10.7 Å². The number of halogens is 2. The van der Waals surface area contributed by atoms with Gasteiger partial charge in [0.05, 0.1) is 22.3 Å². The molecule has 6 nitrogen and oxygen atoms in total. The van der Waals surface area contributed by atoms with Gasteiger partial charge in [0.15, 0.2) is 0 Å². The number of nitrogens with zero attached hydrogens (tertiary/aromatic N) is 2. The minimum atomic E-state index is -0.677. The smallest absolute Gasteiger partial charge is 0.342 e. The quantitative estimate of drug-likeness (QED) is 0.465. The lowest BCUT2D eigenvalue weighted by molar-refractivity contribution is 0.00722. The normalized spacial score (nSPS) is 11.4. The maximum atomic E-state index is 13.0. The number of aryl methyl sites for hydroxylation is 1. The van der Waals surface area contributed by atoms with Crippen LogP contribution in [0.2, 0.25) is 5.15 Å². The number of esters is 1. The lowest BCUT2D eigenvalue weighted by Crippen LogP contribution is -2.25. The number of rotatable bonds is 4. The number of anilines is 1. The van der Waals surface area contributed by atoms with Crippen LogP contribution in [0.3, 0.4) is 0 Å². The summed E-state index contributed by atoms with van der Waals surface area (Å²) in [6.45, 7) is 5.39. The van der Waals surface area contributed by atoms with Gasteiger partial charge in [-0.1, -0.05) is 39.7 Å². The number of thiophene rings is 1. The summed E-state index contributed by atoms with van der Waals surface area (Å²) in [7, 11) is 1.64. The third-order valence-electron chi connectivity index (χ3n) is 3.86. The first-order valence-electron chi connectivity index (χ1n) is 8.66. The largest absolute Gasteiger partial charge is 0.456 e. The molecule has 0 saturated heterocycles. The Morgan fingerprint density at radius 2 is 1.90 bits per heavy atom. The lowest BCUT2D eigenvalue weighted by atomic mass is 10.1. The first-order chi connectivity index (χ1) is 13.6. The summed E-state index contributed by atoms with van der Waals surface area (Å²) in [5, 5.41) is 8.68. The Morgan fingerprint density at radius 1 is 1.24 bits per heavy atom. The van der Waals surface area contributed by atoms with E-state index in [4.69, 9.17) is 16.3 Å². The van der Waals surface area contributed by atoms with Gasteiger partial charge < -0.3 is 10.1 Å². The van der Waals surface area contributed by atoms with Gasteiger partial charge in [0.25, 0.3) is 5.91 Å². The summed E-state index contributed by atoms with van der Waals surface area (Å²) in [6, 6.07) is 7.57. The average molecular weight is 497 g/mol. The molecular formula is C20H19BrClN3O3S. The van der Waals surface area contributed by atoms with Crippen LogP contribution in [0.4, 0.5) is 5.69 Å². The van der Waals surface area contributed by atoms with Crippen molar-refractivity contribution in [2.75, 3.05) is 5.32 Å². The Kier molecular flexibility index (Phi) is 6.16. The third-order valence-corrected chi connectivity index (χ3v) is 5.87. The zero-order valence-corrected chi connectivity index (χ0v) is 19.4. The van der Waals surface area contributed by atoms with Crippen LogP contribution in [0, 0.1) is 0 Å². The topological polar surface area (TPSA) is 73.2 Å². The van der Waals surface area contributed by atoms with Gasteiger partial charge in [-0.3, -0.25) is 9.48 Å². The van der Waals surface area contributed by atoms with Crippen LogP contribution in [-0.2, 0) is 11.8 Å². The van der Waals surface area contributed by atoms with E-state index < -0.39 is 17.5 Å². The molecule has 29 heavy (non-hydrogen) atoms. The number of benzene rings is 1. The van der Waals surface area contributed by atoms with Gasteiger partial charge in [0.2, 0.25) is 0 Å². The van der Waals surface area contributed by atoms with E-state index >= 15 is 0 Å². The molecule has 2 aromatic heterocycles. The maximum Gasteiger partial charge on any atom is 0.342 e. The van der Waals surface area contributed by atoms with Gasteiger partial charge in [-0.05, 0) is 38.5 Å². The summed E-state index contributed by atoms with van der Waals surface area (Å²) in [4.78, 5) is 26.4. The van der Waals surface area contributed by atoms with Crippen LogP contribution in [-0.4, -0.2) is 27.3 Å². The van der Waals surface area contributed by atoms with Crippen molar-refractivity contribution in [2.24, 2.45) is 7.05 Å². The zero-order valence-electron chi connectivity index (χ0n) is 16.2. The molecule has 0 saturated carbocycles. The highest BCUT2D eigenvalue weighted by Crippen LogP contribution is 2.38. The second-order valence-corrected chi connectivity index (χ2v) is 9.44. The molecule has 1 aromatic carbocycles. The second kappa shape index (κ2) is 8.30. The van der Waals surface area contributed by atoms with E-state index in [2.05, 4.69) is 26.3 Å². The lowest BCUT2D eigenvalue weighted by Gasteiger charge is -2.20. The molecule has 0 unspecified atom stereocenters. The molecule has 0 spiro atoms. The zero-order chi connectivity index (χ0) is 21.3. The van der Waals surface area contributed by atoms with Crippen molar-refractivity contribution in [1.82, 2.24) is 9.78 Å². The molecule has 1 N–H and O–H groups in total. The fraction of sp³-hybridized carbons (Fsp3) is 0.250. The molecular weight excluding hydrogens is 478 g/mol. The predicted octanol–water partition coefficient (Wildman–Crippen LogP) is 5.77. The molecule has 0 radical (unpaired) electrons. The Labute approximate surface area is 186 Å². The monoisotopic (exact) mass is 495 g/mol. The number of carbonyl (C=O) groups is 2. The van der Waals surface area contributed by atoms with Crippen LogP contribution in [0.5, 0.6) is 0 Å². The summed E-state index contributed by atoms with van der Waals surface area (Å²) in [5.74, 6) is -0.961. The number of hydrogen-bond acceptors (Lipinski definition) is 5. The molecule has 0 atom stereocenters. The van der Waals surface area contributed by atoms with Gasteiger partial charge in [-0.15, -0.1) is 11.3 Å². The maximum absolute atomic E-state index is 13.0. The van der Waals surface area contributed by atoms with Gasteiger partial charge in [-0.25, -0.2) is 4.79 Å². The van der Waals surface area contributed by atoms with Crippen molar-refractivity contribution in [3.8, 4) is 10.4 Å². The van der Waals surface area contributed by atoms with Crippen molar-refractivity contribution in [3.63, 3.8) is 0 Å². The van der Waals surface area contributed by atoms with Crippen LogP contribution < -0.4 is 5.32 Å². The molecule has 3 aromatic rings. The van der Waals surface area contributed by atoms with Crippen molar-refractivity contribution >= 4 is 56.4 Å². The Hall–Kier alpha value is -2.16. The van der Waals surface area contributed by atoms with Crippen LogP contribution >= 0.6 is 38.9 Å². The van der Waals surface area contributed by atoms with Gasteiger partial charge >= 0.3 is 5.97 Å².